The predicted molar refractivity (Wildman–Crippen MR) is 44.6 cm³/mol. The molecule has 3 nitrogen and oxygen atoms in total. The van der Waals surface area contributed by atoms with Crippen LogP contribution in [-0.4, -0.2) is 35.5 Å². The molecule has 0 radical (unpaired) electrons. The number of piperidine rings is 1. The molecule has 12 heavy (non-hydrogen) atoms. The SMILES string of the molecule is CC(=O)NC1CN2CCC3CC312. The number of nitrogens with one attached hydrogen (secondary N) is 1. The maximum Gasteiger partial charge on any atom is 0.217 e. The van der Waals surface area contributed by atoms with E-state index in [9.17, 15) is 4.79 Å². The standard InChI is InChI=1S/C9H14N2O/c1-6(12)10-8-5-11-3-2-7-4-9(7,8)11/h7-8H,2-5H2,1H3,(H,10,12). The van der Waals surface area contributed by atoms with Gasteiger partial charge in [0.25, 0.3) is 0 Å². The zero-order chi connectivity index (χ0) is 8.34. The number of rotatable bonds is 1. The van der Waals surface area contributed by atoms with Gasteiger partial charge in [-0.25, -0.2) is 0 Å². The molecule has 0 aromatic rings. The van der Waals surface area contributed by atoms with Gasteiger partial charge in [0.1, 0.15) is 0 Å². The van der Waals surface area contributed by atoms with Gasteiger partial charge in [0.15, 0.2) is 0 Å². The van der Waals surface area contributed by atoms with E-state index in [1.807, 2.05) is 0 Å². The Morgan fingerprint density at radius 1 is 1.67 bits per heavy atom. The minimum Gasteiger partial charge on any atom is -0.350 e. The van der Waals surface area contributed by atoms with Crippen LogP contribution in [0.25, 0.3) is 0 Å². The van der Waals surface area contributed by atoms with E-state index in [0.717, 1.165) is 12.5 Å². The summed E-state index contributed by atoms with van der Waals surface area (Å²) in [5, 5.41) is 3.05. The fourth-order valence-corrected chi connectivity index (χ4v) is 3.19. The number of nitrogens with zero attached hydrogens (tertiary/aromatic N) is 1. The molecule has 0 aromatic carbocycles. The molecule has 0 bridgehead atoms. The molecule has 3 atom stereocenters. The van der Waals surface area contributed by atoms with Crippen LogP contribution in [0.15, 0.2) is 0 Å². The molecule has 1 saturated carbocycles. The zero-order valence-corrected chi connectivity index (χ0v) is 7.34. The van der Waals surface area contributed by atoms with Crippen LogP contribution in [-0.2, 0) is 4.79 Å². The number of carbonyl (C=O) groups is 1. The highest BCUT2D eigenvalue weighted by atomic mass is 16.1. The van der Waals surface area contributed by atoms with Crippen molar-refractivity contribution in [3.8, 4) is 0 Å². The van der Waals surface area contributed by atoms with Gasteiger partial charge in [0.05, 0.1) is 6.04 Å². The van der Waals surface area contributed by atoms with E-state index in [0.29, 0.717) is 11.6 Å². The molecule has 66 valence electrons. The topological polar surface area (TPSA) is 32.3 Å². The van der Waals surface area contributed by atoms with Gasteiger partial charge in [-0.2, -0.15) is 0 Å². The van der Waals surface area contributed by atoms with Crippen molar-refractivity contribution in [2.75, 3.05) is 13.1 Å². The Hall–Kier alpha value is -0.570. The lowest BCUT2D eigenvalue weighted by Crippen LogP contribution is -2.67. The average molecular weight is 166 g/mol. The van der Waals surface area contributed by atoms with Crippen molar-refractivity contribution in [3.63, 3.8) is 0 Å². The summed E-state index contributed by atoms with van der Waals surface area (Å²) >= 11 is 0. The Labute approximate surface area is 72.1 Å². The van der Waals surface area contributed by atoms with Gasteiger partial charge in [-0.05, 0) is 25.3 Å². The fourth-order valence-electron chi connectivity index (χ4n) is 3.19. The molecular weight excluding hydrogens is 152 g/mol. The van der Waals surface area contributed by atoms with Crippen LogP contribution in [0.4, 0.5) is 0 Å². The third kappa shape index (κ3) is 0.600. The van der Waals surface area contributed by atoms with E-state index in [1.165, 1.54) is 19.4 Å². The minimum absolute atomic E-state index is 0.131. The van der Waals surface area contributed by atoms with Crippen LogP contribution < -0.4 is 5.32 Å². The van der Waals surface area contributed by atoms with Crippen molar-refractivity contribution in [2.45, 2.75) is 31.3 Å². The Kier molecular flexibility index (Phi) is 1.06. The Bertz CT molecular complexity index is 253. The van der Waals surface area contributed by atoms with Crippen molar-refractivity contribution in [3.05, 3.63) is 0 Å². The molecule has 1 spiro atoms. The molecule has 3 heteroatoms. The van der Waals surface area contributed by atoms with Gasteiger partial charge in [-0.1, -0.05) is 0 Å². The molecule has 2 aliphatic heterocycles. The molecule has 1 aliphatic carbocycles. The Morgan fingerprint density at radius 2 is 2.50 bits per heavy atom. The van der Waals surface area contributed by atoms with E-state index < -0.39 is 0 Å². The summed E-state index contributed by atoms with van der Waals surface area (Å²) in [6.45, 7) is 3.97. The van der Waals surface area contributed by atoms with Gasteiger partial charge < -0.3 is 5.32 Å². The van der Waals surface area contributed by atoms with Crippen LogP contribution >= 0.6 is 0 Å². The second kappa shape index (κ2) is 1.84. The van der Waals surface area contributed by atoms with E-state index in [-0.39, 0.29) is 5.91 Å². The quantitative estimate of drug-likeness (QED) is 0.593. The van der Waals surface area contributed by atoms with Crippen LogP contribution in [0.2, 0.25) is 0 Å². The fraction of sp³-hybridized carbons (Fsp3) is 0.889. The summed E-state index contributed by atoms with van der Waals surface area (Å²) < 4.78 is 0. The maximum atomic E-state index is 10.9. The molecule has 3 rings (SSSR count). The second-order valence-electron chi connectivity index (χ2n) is 4.38. The van der Waals surface area contributed by atoms with Crippen molar-refractivity contribution in [1.29, 1.82) is 0 Å². The zero-order valence-electron chi connectivity index (χ0n) is 7.34. The van der Waals surface area contributed by atoms with E-state index in [2.05, 4.69) is 10.2 Å². The highest BCUT2D eigenvalue weighted by molar-refractivity contribution is 5.74. The molecule has 3 aliphatic rings. The molecule has 2 heterocycles. The highest BCUT2D eigenvalue weighted by Gasteiger charge is 2.71. The van der Waals surface area contributed by atoms with Gasteiger partial charge in [0.2, 0.25) is 5.91 Å². The molecule has 2 saturated heterocycles. The molecule has 1 amide bonds. The second-order valence-corrected chi connectivity index (χ2v) is 4.38. The molecule has 0 aromatic heterocycles. The van der Waals surface area contributed by atoms with Crippen LogP contribution in [0, 0.1) is 5.92 Å². The van der Waals surface area contributed by atoms with Gasteiger partial charge in [-0.3, -0.25) is 9.69 Å². The molecule has 3 fully saturated rings. The number of hydrogen-bond donors (Lipinski definition) is 1. The highest BCUT2D eigenvalue weighted by Crippen LogP contribution is 2.62. The van der Waals surface area contributed by atoms with Gasteiger partial charge in [0, 0.05) is 19.0 Å². The minimum atomic E-state index is 0.131. The third-order valence-corrected chi connectivity index (χ3v) is 3.84. The Balaban J connectivity index is 1.74. The largest absolute Gasteiger partial charge is 0.350 e. The predicted octanol–water partition coefficient (Wildman–Crippen LogP) is -0.0309. The number of carbonyl (C=O) groups excluding carboxylic acids is 1. The summed E-state index contributed by atoms with van der Waals surface area (Å²) in [5.74, 6) is 1.04. The van der Waals surface area contributed by atoms with E-state index >= 15 is 0 Å². The summed E-state index contributed by atoms with van der Waals surface area (Å²) in [5.41, 5.74) is 0.450. The lowest BCUT2D eigenvalue weighted by molar-refractivity contribution is -0.122. The molecular formula is C9H14N2O. The van der Waals surface area contributed by atoms with E-state index in [4.69, 9.17) is 0 Å². The smallest absolute Gasteiger partial charge is 0.217 e. The first-order valence-electron chi connectivity index (χ1n) is 4.75. The lowest BCUT2D eigenvalue weighted by Gasteiger charge is -2.47. The monoisotopic (exact) mass is 166 g/mol. The van der Waals surface area contributed by atoms with Crippen molar-refractivity contribution in [1.82, 2.24) is 10.2 Å². The Morgan fingerprint density at radius 3 is 3.08 bits per heavy atom. The van der Waals surface area contributed by atoms with Crippen LogP contribution in [0.3, 0.4) is 0 Å². The van der Waals surface area contributed by atoms with Crippen molar-refractivity contribution < 1.29 is 4.79 Å². The van der Waals surface area contributed by atoms with Crippen LogP contribution in [0.1, 0.15) is 19.8 Å². The maximum absolute atomic E-state index is 10.9. The first kappa shape index (κ1) is 6.89. The first-order valence-corrected chi connectivity index (χ1v) is 4.75. The average Bonchev–Trinajstić information content (AvgIpc) is 2.67. The number of hydrogen-bond acceptors (Lipinski definition) is 2. The molecule has 1 N–H and O–H groups in total. The van der Waals surface area contributed by atoms with Crippen LogP contribution in [0.5, 0.6) is 0 Å². The summed E-state index contributed by atoms with van der Waals surface area (Å²) in [6.07, 6.45) is 2.69. The molecule has 3 unspecified atom stereocenters. The lowest BCUT2D eigenvalue weighted by atomic mass is 9.94. The van der Waals surface area contributed by atoms with Gasteiger partial charge >= 0.3 is 0 Å². The van der Waals surface area contributed by atoms with Crippen molar-refractivity contribution >= 4 is 5.91 Å². The first-order chi connectivity index (χ1) is 5.73. The summed E-state index contributed by atoms with van der Waals surface area (Å²) in [7, 11) is 0. The third-order valence-electron chi connectivity index (χ3n) is 3.84. The van der Waals surface area contributed by atoms with Gasteiger partial charge in [-0.15, -0.1) is 0 Å². The number of amides is 1. The van der Waals surface area contributed by atoms with Crippen molar-refractivity contribution in [2.24, 2.45) is 5.92 Å². The summed E-state index contributed by atoms with van der Waals surface area (Å²) in [4.78, 5) is 13.4. The summed E-state index contributed by atoms with van der Waals surface area (Å²) in [6, 6.07) is 0.475. The normalized spacial score (nSPS) is 49.1. The van der Waals surface area contributed by atoms with E-state index in [1.54, 1.807) is 6.92 Å².